The van der Waals surface area contributed by atoms with E-state index in [-0.39, 0.29) is 17.9 Å². The van der Waals surface area contributed by atoms with Crippen molar-refractivity contribution in [3.05, 3.63) is 34.1 Å². The SMILES string of the molecule is CCC(=O)Cc1ccc([N+](=O)[O-])cn1. The molecule has 14 heavy (non-hydrogen) atoms. The first kappa shape index (κ1) is 10.3. The number of ketones is 1. The van der Waals surface area contributed by atoms with Crippen molar-refractivity contribution in [2.75, 3.05) is 0 Å². The molecule has 5 nitrogen and oxygen atoms in total. The molecule has 0 radical (unpaired) electrons. The van der Waals surface area contributed by atoms with Crippen LogP contribution in [0.3, 0.4) is 0 Å². The zero-order valence-corrected chi connectivity index (χ0v) is 7.77. The van der Waals surface area contributed by atoms with Crippen LogP contribution in [-0.2, 0) is 11.2 Å². The maximum Gasteiger partial charge on any atom is 0.287 e. The summed E-state index contributed by atoms with van der Waals surface area (Å²) in [5.41, 5.74) is 0.514. The van der Waals surface area contributed by atoms with Crippen LogP contribution in [0, 0.1) is 10.1 Å². The summed E-state index contributed by atoms with van der Waals surface area (Å²) in [5.74, 6) is 0.0753. The highest BCUT2D eigenvalue weighted by atomic mass is 16.6. The Balaban J connectivity index is 2.73. The molecule has 0 N–H and O–H groups in total. The number of hydrogen-bond donors (Lipinski definition) is 0. The van der Waals surface area contributed by atoms with Gasteiger partial charge >= 0.3 is 0 Å². The molecule has 0 bridgehead atoms. The number of rotatable bonds is 4. The van der Waals surface area contributed by atoms with Crippen LogP contribution in [0.2, 0.25) is 0 Å². The standard InChI is InChI=1S/C9H10N2O3/c1-2-9(12)5-7-3-4-8(6-10-7)11(13)14/h3-4,6H,2,5H2,1H3. The van der Waals surface area contributed by atoms with E-state index in [0.717, 1.165) is 6.20 Å². The Morgan fingerprint density at radius 3 is 2.71 bits per heavy atom. The molecule has 1 rings (SSSR count). The minimum absolute atomic E-state index is 0.0577. The van der Waals surface area contributed by atoms with Gasteiger partial charge in [0.15, 0.2) is 0 Å². The van der Waals surface area contributed by atoms with E-state index in [2.05, 4.69) is 4.98 Å². The lowest BCUT2D eigenvalue weighted by atomic mass is 10.1. The molecule has 0 saturated heterocycles. The van der Waals surface area contributed by atoms with E-state index in [1.54, 1.807) is 6.92 Å². The predicted octanol–water partition coefficient (Wildman–Crippen LogP) is 1.51. The highest BCUT2D eigenvalue weighted by molar-refractivity contribution is 5.80. The average molecular weight is 194 g/mol. The molecule has 1 heterocycles. The first-order chi connectivity index (χ1) is 6.63. The number of pyridine rings is 1. The summed E-state index contributed by atoms with van der Waals surface area (Å²) in [4.78, 5) is 24.6. The van der Waals surface area contributed by atoms with Gasteiger partial charge in [0.1, 0.15) is 12.0 Å². The van der Waals surface area contributed by atoms with Crippen molar-refractivity contribution in [1.29, 1.82) is 0 Å². The van der Waals surface area contributed by atoms with E-state index in [4.69, 9.17) is 0 Å². The van der Waals surface area contributed by atoms with Gasteiger partial charge in [-0.25, -0.2) is 0 Å². The minimum Gasteiger partial charge on any atom is -0.299 e. The van der Waals surface area contributed by atoms with Crippen LogP contribution in [0.15, 0.2) is 18.3 Å². The smallest absolute Gasteiger partial charge is 0.287 e. The van der Waals surface area contributed by atoms with E-state index in [0.29, 0.717) is 12.1 Å². The third-order valence-electron chi connectivity index (χ3n) is 1.79. The second-order valence-corrected chi connectivity index (χ2v) is 2.83. The normalized spacial score (nSPS) is 9.79. The fraction of sp³-hybridized carbons (Fsp3) is 0.333. The number of nitro groups is 1. The summed E-state index contributed by atoms with van der Waals surface area (Å²) in [6.45, 7) is 1.77. The van der Waals surface area contributed by atoms with Crippen molar-refractivity contribution in [3.63, 3.8) is 0 Å². The molecule has 0 aromatic carbocycles. The van der Waals surface area contributed by atoms with Gasteiger partial charge in [0.05, 0.1) is 4.92 Å². The maximum absolute atomic E-state index is 11.0. The lowest BCUT2D eigenvalue weighted by Crippen LogP contribution is -2.02. The molecule has 0 unspecified atom stereocenters. The summed E-state index contributed by atoms with van der Waals surface area (Å²) < 4.78 is 0. The van der Waals surface area contributed by atoms with Crippen molar-refractivity contribution in [3.8, 4) is 0 Å². The van der Waals surface area contributed by atoms with Crippen molar-refractivity contribution in [2.45, 2.75) is 19.8 Å². The molecule has 0 atom stereocenters. The topological polar surface area (TPSA) is 73.1 Å². The molecule has 0 saturated carbocycles. The number of carbonyl (C=O) groups excluding carboxylic acids is 1. The number of carbonyl (C=O) groups is 1. The van der Waals surface area contributed by atoms with Gasteiger partial charge in [0.2, 0.25) is 0 Å². The van der Waals surface area contributed by atoms with Gasteiger partial charge in [-0.3, -0.25) is 19.9 Å². The lowest BCUT2D eigenvalue weighted by Gasteiger charge is -1.97. The molecule has 0 spiro atoms. The highest BCUT2D eigenvalue weighted by Gasteiger charge is 2.07. The molecule has 1 aromatic rings. The van der Waals surface area contributed by atoms with Crippen molar-refractivity contribution < 1.29 is 9.72 Å². The first-order valence-electron chi connectivity index (χ1n) is 4.24. The Kier molecular flexibility index (Phi) is 3.28. The van der Waals surface area contributed by atoms with Crippen LogP contribution in [0.4, 0.5) is 5.69 Å². The zero-order chi connectivity index (χ0) is 10.6. The van der Waals surface area contributed by atoms with Gasteiger partial charge in [-0.2, -0.15) is 0 Å². The van der Waals surface area contributed by atoms with Crippen molar-refractivity contribution in [2.24, 2.45) is 0 Å². The van der Waals surface area contributed by atoms with E-state index in [1.165, 1.54) is 12.1 Å². The van der Waals surface area contributed by atoms with Gasteiger partial charge in [-0.1, -0.05) is 6.92 Å². The van der Waals surface area contributed by atoms with Gasteiger partial charge in [-0.05, 0) is 6.07 Å². The summed E-state index contributed by atoms with van der Waals surface area (Å²) in [6.07, 6.45) is 1.87. The summed E-state index contributed by atoms with van der Waals surface area (Å²) >= 11 is 0. The van der Waals surface area contributed by atoms with Crippen LogP contribution < -0.4 is 0 Å². The molecule has 0 amide bonds. The molecule has 0 aliphatic heterocycles. The lowest BCUT2D eigenvalue weighted by molar-refractivity contribution is -0.385. The number of aromatic nitrogens is 1. The number of nitrogens with zero attached hydrogens (tertiary/aromatic N) is 2. The Morgan fingerprint density at radius 1 is 1.57 bits per heavy atom. The van der Waals surface area contributed by atoms with Gasteiger partial charge in [-0.15, -0.1) is 0 Å². The van der Waals surface area contributed by atoms with Crippen LogP contribution >= 0.6 is 0 Å². The number of Topliss-reactive ketones (excluding diaryl/α,β-unsaturated/α-hetero) is 1. The second-order valence-electron chi connectivity index (χ2n) is 2.83. The Hall–Kier alpha value is -1.78. The molecule has 1 aromatic heterocycles. The fourth-order valence-corrected chi connectivity index (χ4v) is 0.956. The zero-order valence-electron chi connectivity index (χ0n) is 7.77. The van der Waals surface area contributed by atoms with Gasteiger partial charge in [0, 0.05) is 24.6 Å². The second kappa shape index (κ2) is 4.45. The molecule has 0 aliphatic carbocycles. The van der Waals surface area contributed by atoms with E-state index >= 15 is 0 Å². The van der Waals surface area contributed by atoms with Gasteiger partial charge < -0.3 is 0 Å². The van der Waals surface area contributed by atoms with E-state index in [1.807, 2.05) is 0 Å². The summed E-state index contributed by atoms with van der Waals surface area (Å²) in [6, 6.07) is 2.86. The molecular formula is C9H10N2O3. The average Bonchev–Trinajstić information content (AvgIpc) is 2.18. The molecule has 0 aliphatic rings. The highest BCUT2D eigenvalue weighted by Crippen LogP contribution is 2.09. The van der Waals surface area contributed by atoms with Crippen molar-refractivity contribution in [1.82, 2.24) is 4.98 Å². The van der Waals surface area contributed by atoms with Crippen LogP contribution in [0.25, 0.3) is 0 Å². The minimum atomic E-state index is -0.515. The largest absolute Gasteiger partial charge is 0.299 e. The fourth-order valence-electron chi connectivity index (χ4n) is 0.956. The monoisotopic (exact) mass is 194 g/mol. The van der Waals surface area contributed by atoms with E-state index < -0.39 is 4.92 Å². The number of hydrogen-bond acceptors (Lipinski definition) is 4. The third-order valence-corrected chi connectivity index (χ3v) is 1.79. The van der Waals surface area contributed by atoms with Crippen molar-refractivity contribution >= 4 is 11.5 Å². The molecule has 74 valence electrons. The summed E-state index contributed by atoms with van der Waals surface area (Å²) in [5, 5.41) is 10.3. The maximum atomic E-state index is 11.0. The Bertz CT molecular complexity index is 346. The predicted molar refractivity (Wildman–Crippen MR) is 49.9 cm³/mol. The van der Waals surface area contributed by atoms with Crippen LogP contribution in [-0.4, -0.2) is 15.7 Å². The van der Waals surface area contributed by atoms with E-state index in [9.17, 15) is 14.9 Å². The Labute approximate surface area is 80.9 Å². The van der Waals surface area contributed by atoms with Gasteiger partial charge in [0.25, 0.3) is 5.69 Å². The van der Waals surface area contributed by atoms with Crippen LogP contribution in [0.5, 0.6) is 0 Å². The molecule has 5 heteroatoms. The summed E-state index contributed by atoms with van der Waals surface area (Å²) in [7, 11) is 0. The molecular weight excluding hydrogens is 184 g/mol. The molecule has 0 fully saturated rings. The first-order valence-corrected chi connectivity index (χ1v) is 4.24. The third kappa shape index (κ3) is 2.62. The Morgan fingerprint density at radius 2 is 2.29 bits per heavy atom. The quantitative estimate of drug-likeness (QED) is 0.538. The van der Waals surface area contributed by atoms with Crippen LogP contribution in [0.1, 0.15) is 19.0 Å².